The fourth-order valence-electron chi connectivity index (χ4n) is 3.52. The van der Waals surface area contributed by atoms with Crippen LogP contribution in [0.1, 0.15) is 33.9 Å². The molecule has 0 saturated carbocycles. The predicted molar refractivity (Wildman–Crippen MR) is 111 cm³/mol. The monoisotopic (exact) mass is 370 g/mol. The van der Waals surface area contributed by atoms with Gasteiger partial charge < -0.3 is 20.2 Å². The first kappa shape index (κ1) is 16.7. The van der Waals surface area contributed by atoms with Gasteiger partial charge in [-0.15, -0.1) is 0 Å². The van der Waals surface area contributed by atoms with Crippen LogP contribution in [0.15, 0.2) is 36.4 Å². The highest BCUT2D eigenvalue weighted by Gasteiger charge is 2.11. The van der Waals surface area contributed by atoms with Gasteiger partial charge in [-0.2, -0.15) is 0 Å². The number of aromatic amines is 2. The Bertz CT molecular complexity index is 1200. The number of hydrogen-bond donors (Lipinski definition) is 4. The minimum Gasteiger partial charge on any atom is -0.392 e. The third-order valence-electron chi connectivity index (χ3n) is 4.93. The molecule has 0 atom stereocenters. The quantitative estimate of drug-likeness (QED) is 0.381. The second kappa shape index (κ2) is 6.60. The summed E-state index contributed by atoms with van der Waals surface area (Å²) in [5.41, 5.74) is 7.85. The lowest BCUT2D eigenvalue weighted by molar-refractivity contribution is 0.282. The van der Waals surface area contributed by atoms with Crippen molar-refractivity contribution in [3.63, 3.8) is 0 Å². The van der Waals surface area contributed by atoms with Crippen LogP contribution in [0, 0.1) is 0 Å². The molecule has 2 aliphatic heterocycles. The third-order valence-corrected chi connectivity index (χ3v) is 4.93. The number of rotatable bonds is 2. The van der Waals surface area contributed by atoms with Gasteiger partial charge in [-0.1, -0.05) is 0 Å². The summed E-state index contributed by atoms with van der Waals surface area (Å²) >= 11 is 0. The van der Waals surface area contributed by atoms with Gasteiger partial charge in [0.25, 0.3) is 0 Å². The molecule has 0 aromatic carbocycles. The number of nitrogens with zero attached hydrogens (tertiary/aromatic N) is 2. The van der Waals surface area contributed by atoms with Gasteiger partial charge >= 0.3 is 0 Å². The predicted octanol–water partition coefficient (Wildman–Crippen LogP) is 3.64. The van der Waals surface area contributed by atoms with Crippen molar-refractivity contribution in [1.82, 2.24) is 19.9 Å². The van der Waals surface area contributed by atoms with Crippen LogP contribution < -0.4 is 0 Å². The molecule has 8 bridgehead atoms. The number of aromatic nitrogens is 4. The largest absolute Gasteiger partial charge is 0.392 e. The molecule has 5 heterocycles. The number of hydrogen-bond acceptors (Lipinski definition) is 4. The first-order chi connectivity index (χ1) is 13.7. The normalized spacial score (nSPS) is 12.6. The van der Waals surface area contributed by atoms with E-state index in [9.17, 15) is 10.2 Å². The van der Waals surface area contributed by atoms with Crippen LogP contribution >= 0.6 is 0 Å². The Kier molecular flexibility index (Phi) is 3.93. The summed E-state index contributed by atoms with van der Waals surface area (Å²) in [4.78, 5) is 15.9. The van der Waals surface area contributed by atoms with Gasteiger partial charge in [0.15, 0.2) is 0 Å². The van der Waals surface area contributed by atoms with E-state index in [0.29, 0.717) is 22.5 Å². The van der Waals surface area contributed by atoms with Crippen LogP contribution in [-0.4, -0.2) is 30.1 Å². The minimum absolute atomic E-state index is 0.148. The third kappa shape index (κ3) is 2.85. The van der Waals surface area contributed by atoms with E-state index in [1.165, 1.54) is 0 Å². The molecule has 0 amide bonds. The number of H-pyrrole nitrogens is 2. The summed E-state index contributed by atoms with van der Waals surface area (Å²) in [5.74, 6) is 0. The van der Waals surface area contributed by atoms with E-state index in [1.54, 1.807) is 0 Å². The molecule has 0 fully saturated rings. The smallest absolute Gasteiger partial charge is 0.0723 e. The summed E-state index contributed by atoms with van der Waals surface area (Å²) in [6, 6.07) is 11.7. The first-order valence-electron chi connectivity index (χ1n) is 9.03. The van der Waals surface area contributed by atoms with Crippen LogP contribution in [0.4, 0.5) is 0 Å². The molecule has 0 aliphatic carbocycles. The summed E-state index contributed by atoms with van der Waals surface area (Å²) < 4.78 is 0. The van der Waals surface area contributed by atoms with Crippen molar-refractivity contribution in [1.29, 1.82) is 0 Å². The van der Waals surface area contributed by atoms with Gasteiger partial charge in [-0.05, 0) is 60.7 Å². The Morgan fingerprint density at radius 2 is 1.14 bits per heavy atom. The fourth-order valence-corrected chi connectivity index (χ4v) is 3.52. The molecule has 0 radical (unpaired) electrons. The molecule has 6 nitrogen and oxygen atoms in total. The summed E-state index contributed by atoms with van der Waals surface area (Å²) in [7, 11) is 0. The number of aliphatic hydroxyl groups is 2. The highest BCUT2D eigenvalue weighted by molar-refractivity contribution is 5.80. The maximum Gasteiger partial charge on any atom is 0.0723 e. The summed E-state index contributed by atoms with van der Waals surface area (Å²) in [6.45, 7) is -0.295. The molecular weight excluding hydrogens is 352 g/mol. The van der Waals surface area contributed by atoms with Gasteiger partial charge in [0.1, 0.15) is 0 Å². The molecule has 6 heteroatoms. The maximum absolute atomic E-state index is 9.95. The Hall–Kier alpha value is -3.48. The average Bonchev–Trinajstić information content (AvgIpc) is 3.46. The lowest BCUT2D eigenvalue weighted by atomic mass is 10.2. The molecule has 0 spiro atoms. The molecular formula is C22H18N4O2. The van der Waals surface area contributed by atoms with Crippen LogP contribution in [-0.2, 0) is 13.2 Å². The van der Waals surface area contributed by atoms with E-state index in [2.05, 4.69) is 19.9 Å². The molecule has 138 valence electrons. The van der Waals surface area contributed by atoms with E-state index in [0.717, 1.165) is 33.5 Å². The molecule has 3 aromatic heterocycles. The van der Waals surface area contributed by atoms with E-state index < -0.39 is 0 Å². The van der Waals surface area contributed by atoms with Crippen LogP contribution in [0.2, 0.25) is 0 Å². The van der Waals surface area contributed by atoms with Crippen LogP contribution in [0.3, 0.4) is 0 Å². The second-order valence-corrected chi connectivity index (χ2v) is 6.73. The van der Waals surface area contributed by atoms with Gasteiger partial charge in [0.05, 0.1) is 36.0 Å². The van der Waals surface area contributed by atoms with Crippen molar-refractivity contribution in [2.45, 2.75) is 13.2 Å². The van der Waals surface area contributed by atoms with Crippen molar-refractivity contribution in [2.24, 2.45) is 0 Å². The number of fused-ring (bicyclic) bond motifs is 8. The molecule has 0 unspecified atom stereocenters. The standard InChI is InChI=1S/C22H18N4O2/c27-11-17-19-5-3-15(24-19)9-13-1-2-14(23-13)10-16-4-6-20(25-16)18(12-28)22-8-7-21(17)26-22/h1-10,24-25,27-28H,11-12H2. The van der Waals surface area contributed by atoms with Gasteiger partial charge in [-0.3, -0.25) is 0 Å². The molecule has 28 heavy (non-hydrogen) atoms. The van der Waals surface area contributed by atoms with E-state index in [-0.39, 0.29) is 13.2 Å². The molecule has 0 saturated heterocycles. The van der Waals surface area contributed by atoms with E-state index >= 15 is 0 Å². The SMILES string of the molecule is OCc1c2nc(c(CO)c3ccc(cc4nc(cc5ccc1[nH]5)C=C4)[nH]3)C=C2. The number of nitrogens with one attached hydrogen (secondary N) is 2. The van der Waals surface area contributed by atoms with Crippen molar-refractivity contribution in [3.05, 3.63) is 70.3 Å². The van der Waals surface area contributed by atoms with E-state index in [1.807, 2.05) is 60.7 Å². The van der Waals surface area contributed by atoms with Crippen molar-refractivity contribution in [2.75, 3.05) is 0 Å². The maximum atomic E-state index is 9.95. The van der Waals surface area contributed by atoms with Gasteiger partial charge in [-0.25, -0.2) is 9.97 Å². The molecule has 3 aromatic rings. The van der Waals surface area contributed by atoms with Crippen LogP contribution in [0.25, 0.3) is 46.4 Å². The van der Waals surface area contributed by atoms with Crippen LogP contribution in [0.5, 0.6) is 0 Å². The molecule has 5 rings (SSSR count). The zero-order valence-electron chi connectivity index (χ0n) is 15.0. The second-order valence-electron chi connectivity index (χ2n) is 6.73. The van der Waals surface area contributed by atoms with Crippen molar-refractivity contribution in [3.8, 4) is 0 Å². The summed E-state index contributed by atoms with van der Waals surface area (Å²) in [6.07, 6.45) is 7.64. The fraction of sp³-hybridized carbons (Fsp3) is 0.0909. The Balaban J connectivity index is 1.92. The molecule has 2 aliphatic rings. The highest BCUT2D eigenvalue weighted by atomic mass is 16.3. The molecule has 4 N–H and O–H groups in total. The zero-order valence-corrected chi connectivity index (χ0v) is 15.0. The zero-order chi connectivity index (χ0) is 19.1. The average molecular weight is 370 g/mol. The minimum atomic E-state index is -0.148. The summed E-state index contributed by atoms with van der Waals surface area (Å²) in [5, 5.41) is 19.9. The Morgan fingerprint density at radius 1 is 0.643 bits per heavy atom. The first-order valence-corrected chi connectivity index (χ1v) is 9.03. The number of aliphatic hydroxyl groups excluding tert-OH is 2. The van der Waals surface area contributed by atoms with Crippen molar-refractivity contribution < 1.29 is 10.2 Å². The van der Waals surface area contributed by atoms with Gasteiger partial charge in [0.2, 0.25) is 0 Å². The highest BCUT2D eigenvalue weighted by Crippen LogP contribution is 2.23. The Morgan fingerprint density at radius 3 is 1.61 bits per heavy atom. The van der Waals surface area contributed by atoms with Crippen molar-refractivity contribution >= 4 is 46.4 Å². The lowest BCUT2D eigenvalue weighted by Crippen LogP contribution is -1.92. The van der Waals surface area contributed by atoms with E-state index in [4.69, 9.17) is 0 Å². The topological polar surface area (TPSA) is 97.8 Å². The lowest BCUT2D eigenvalue weighted by Gasteiger charge is -1.99. The van der Waals surface area contributed by atoms with Gasteiger partial charge in [0, 0.05) is 33.2 Å². The Labute approximate surface area is 160 Å².